The number of nitrogens with zero attached hydrogens (tertiary/aromatic N) is 4. The largest absolute Gasteiger partial charge is 0.378 e. The first-order valence-electron chi connectivity index (χ1n) is 8.42. The number of carbonyl (C=O) groups is 1. The van der Waals surface area contributed by atoms with E-state index in [1.165, 1.54) is 17.3 Å². The highest BCUT2D eigenvalue weighted by molar-refractivity contribution is 8.00. The first kappa shape index (κ1) is 16.4. The van der Waals surface area contributed by atoms with Gasteiger partial charge in [0.05, 0.1) is 19.3 Å². The quantitative estimate of drug-likeness (QED) is 0.876. The zero-order chi connectivity index (χ0) is 17.4. The van der Waals surface area contributed by atoms with Crippen LogP contribution in [-0.4, -0.2) is 57.2 Å². The van der Waals surface area contributed by atoms with Gasteiger partial charge in [0, 0.05) is 13.1 Å². The first-order chi connectivity index (χ1) is 12.1. The molecule has 0 radical (unpaired) electrons. The Bertz CT molecular complexity index is 770. The summed E-state index contributed by atoms with van der Waals surface area (Å²) < 4.78 is 7.25. The van der Waals surface area contributed by atoms with Crippen LogP contribution < -0.4 is 5.43 Å². The van der Waals surface area contributed by atoms with Gasteiger partial charge in [0.15, 0.2) is 0 Å². The first-order valence-corrected chi connectivity index (χ1v) is 9.30. The number of morpholine rings is 1. The van der Waals surface area contributed by atoms with Gasteiger partial charge in [-0.1, -0.05) is 41.6 Å². The number of rotatable bonds is 2. The van der Waals surface area contributed by atoms with Crippen LogP contribution in [0.15, 0.2) is 29.4 Å². The van der Waals surface area contributed by atoms with Gasteiger partial charge in [-0.05, 0) is 19.4 Å². The molecule has 1 saturated heterocycles. The van der Waals surface area contributed by atoms with Gasteiger partial charge < -0.3 is 15.1 Å². The van der Waals surface area contributed by atoms with E-state index in [1.54, 1.807) is 0 Å². The Labute approximate surface area is 150 Å². The number of hydrogen-bond acceptors (Lipinski definition) is 6. The number of nitrogens with one attached hydrogen (secondary N) is 1. The fourth-order valence-electron chi connectivity index (χ4n) is 3.14. The van der Waals surface area contributed by atoms with E-state index in [0.29, 0.717) is 26.3 Å². The van der Waals surface area contributed by atoms with Crippen LogP contribution in [0.3, 0.4) is 0 Å². The fourth-order valence-corrected chi connectivity index (χ4v) is 4.35. The lowest BCUT2D eigenvalue weighted by atomic mass is 10.0. The lowest BCUT2D eigenvalue weighted by Gasteiger charge is -2.37. The molecular weight excluding hydrogens is 338 g/mol. The van der Waals surface area contributed by atoms with E-state index >= 15 is 0 Å². The maximum absolute atomic E-state index is 13.2. The average Bonchev–Trinajstić information content (AvgIpc) is 3.02. The average molecular weight is 359 g/mol. The fraction of sp³-hybridized carbons (Fsp3) is 0.471. The van der Waals surface area contributed by atoms with Crippen LogP contribution in [0, 0.1) is 13.8 Å². The third kappa shape index (κ3) is 3.11. The minimum atomic E-state index is -0.281. The lowest BCUT2D eigenvalue weighted by molar-refractivity contribution is -0.135. The molecule has 2 aliphatic rings. The van der Waals surface area contributed by atoms with Crippen LogP contribution in [-0.2, 0) is 9.53 Å². The number of thioether (sulfide) groups is 1. The standard InChI is InChI=1S/C17H21N5O2S/c1-11-3-5-13(6-4-11)14-15(16(23)21-7-9-24-10-8-21)25-17-19-18-12(2)22(17)20-14/h3-6,14-15,20H,7-10H2,1-2H3/t14-,15+/m1/s1. The Balaban J connectivity index is 1.68. The minimum Gasteiger partial charge on any atom is -0.378 e. The number of amides is 1. The summed E-state index contributed by atoms with van der Waals surface area (Å²) in [5.74, 6) is 0.912. The van der Waals surface area contributed by atoms with Crippen molar-refractivity contribution >= 4 is 17.7 Å². The SMILES string of the molecule is Cc1ccc([C@H]2Nn3c(C)nnc3S[C@@H]2C(=O)N2CCOCC2)cc1. The second-order valence-electron chi connectivity index (χ2n) is 6.36. The van der Waals surface area contributed by atoms with Crippen molar-refractivity contribution in [2.75, 3.05) is 31.7 Å². The second-order valence-corrected chi connectivity index (χ2v) is 7.47. The number of carbonyl (C=O) groups excluding carboxylic acids is 1. The molecule has 7 nitrogen and oxygen atoms in total. The molecule has 0 unspecified atom stereocenters. The van der Waals surface area contributed by atoms with Crippen molar-refractivity contribution in [3.8, 4) is 0 Å². The molecule has 0 saturated carbocycles. The summed E-state index contributed by atoms with van der Waals surface area (Å²) in [4.78, 5) is 15.1. The van der Waals surface area contributed by atoms with Gasteiger partial charge in [-0.15, -0.1) is 10.2 Å². The maximum Gasteiger partial charge on any atom is 0.238 e. The van der Waals surface area contributed by atoms with Crippen LogP contribution in [0.1, 0.15) is 23.0 Å². The number of fused-ring (bicyclic) bond motifs is 1. The number of hydrogen-bond donors (Lipinski definition) is 1. The van der Waals surface area contributed by atoms with Gasteiger partial charge in [-0.25, -0.2) is 4.68 Å². The summed E-state index contributed by atoms with van der Waals surface area (Å²) in [6.45, 7) is 6.44. The zero-order valence-electron chi connectivity index (χ0n) is 14.3. The van der Waals surface area contributed by atoms with Crippen LogP contribution in [0.4, 0.5) is 0 Å². The minimum absolute atomic E-state index is 0.123. The number of aryl methyl sites for hydroxylation is 2. The topological polar surface area (TPSA) is 72.3 Å². The maximum atomic E-state index is 13.2. The van der Waals surface area contributed by atoms with Gasteiger partial charge >= 0.3 is 0 Å². The zero-order valence-corrected chi connectivity index (χ0v) is 15.1. The normalized spacial score (nSPS) is 23.0. The van der Waals surface area contributed by atoms with Crippen LogP contribution in [0.5, 0.6) is 0 Å². The van der Waals surface area contributed by atoms with Gasteiger partial charge in [0.2, 0.25) is 11.1 Å². The highest BCUT2D eigenvalue weighted by Crippen LogP contribution is 2.38. The highest BCUT2D eigenvalue weighted by atomic mass is 32.2. The van der Waals surface area contributed by atoms with E-state index in [4.69, 9.17) is 4.74 Å². The molecule has 0 spiro atoms. The van der Waals surface area contributed by atoms with E-state index in [0.717, 1.165) is 16.5 Å². The van der Waals surface area contributed by atoms with E-state index in [1.807, 2.05) is 16.5 Å². The Morgan fingerprint density at radius 2 is 1.92 bits per heavy atom. The molecule has 0 bridgehead atoms. The van der Waals surface area contributed by atoms with Crippen LogP contribution in [0.25, 0.3) is 0 Å². The molecule has 2 atom stereocenters. The van der Waals surface area contributed by atoms with Crippen molar-refractivity contribution in [3.63, 3.8) is 0 Å². The molecule has 3 heterocycles. The van der Waals surface area contributed by atoms with Gasteiger partial charge in [-0.2, -0.15) is 0 Å². The number of benzene rings is 1. The molecule has 1 aromatic heterocycles. The van der Waals surface area contributed by atoms with Crippen molar-refractivity contribution in [1.29, 1.82) is 0 Å². The molecule has 1 N–H and O–H groups in total. The van der Waals surface area contributed by atoms with Gasteiger partial charge in [-0.3, -0.25) is 4.79 Å². The van der Waals surface area contributed by atoms with E-state index < -0.39 is 0 Å². The Morgan fingerprint density at radius 1 is 1.20 bits per heavy atom. The number of ether oxygens (including phenoxy) is 1. The van der Waals surface area contributed by atoms with Crippen molar-refractivity contribution in [2.24, 2.45) is 0 Å². The molecule has 4 rings (SSSR count). The third-order valence-electron chi connectivity index (χ3n) is 4.60. The van der Waals surface area contributed by atoms with E-state index in [9.17, 15) is 4.79 Å². The molecular formula is C17H21N5O2S. The highest BCUT2D eigenvalue weighted by Gasteiger charge is 2.39. The molecule has 1 fully saturated rings. The Kier molecular flexibility index (Phi) is 4.39. The van der Waals surface area contributed by atoms with Crippen molar-refractivity contribution in [3.05, 3.63) is 41.2 Å². The molecule has 8 heteroatoms. The van der Waals surface area contributed by atoms with Crippen molar-refractivity contribution in [2.45, 2.75) is 30.3 Å². The van der Waals surface area contributed by atoms with Crippen LogP contribution >= 0.6 is 11.8 Å². The number of aromatic nitrogens is 3. The Hall–Kier alpha value is -2.06. The summed E-state index contributed by atoms with van der Waals surface area (Å²) >= 11 is 1.48. The summed E-state index contributed by atoms with van der Waals surface area (Å²) in [5, 5.41) is 8.77. The molecule has 1 amide bonds. The predicted octanol–water partition coefficient (Wildman–Crippen LogP) is 1.51. The van der Waals surface area contributed by atoms with Gasteiger partial charge in [0.1, 0.15) is 11.1 Å². The van der Waals surface area contributed by atoms with E-state index in [-0.39, 0.29) is 17.2 Å². The van der Waals surface area contributed by atoms with Gasteiger partial charge in [0.25, 0.3) is 0 Å². The predicted molar refractivity (Wildman–Crippen MR) is 95.1 cm³/mol. The monoisotopic (exact) mass is 359 g/mol. The summed E-state index contributed by atoms with van der Waals surface area (Å²) in [5.41, 5.74) is 5.73. The second kappa shape index (κ2) is 6.68. The molecule has 2 aliphatic heterocycles. The summed E-state index contributed by atoms with van der Waals surface area (Å²) in [6, 6.07) is 8.18. The molecule has 2 aromatic rings. The third-order valence-corrected chi connectivity index (χ3v) is 5.80. The molecule has 0 aliphatic carbocycles. The van der Waals surface area contributed by atoms with Crippen molar-refractivity contribution in [1.82, 2.24) is 19.8 Å². The van der Waals surface area contributed by atoms with E-state index in [2.05, 4.69) is 46.8 Å². The summed E-state index contributed by atoms with van der Waals surface area (Å²) in [6.07, 6.45) is 0. The molecule has 1 aromatic carbocycles. The molecule has 25 heavy (non-hydrogen) atoms. The molecule has 132 valence electrons. The van der Waals surface area contributed by atoms with Crippen molar-refractivity contribution < 1.29 is 9.53 Å². The Morgan fingerprint density at radius 3 is 2.64 bits per heavy atom. The smallest absolute Gasteiger partial charge is 0.238 e. The van der Waals surface area contributed by atoms with Crippen LogP contribution in [0.2, 0.25) is 0 Å². The lowest BCUT2D eigenvalue weighted by Crippen LogP contribution is -2.49. The summed E-state index contributed by atoms with van der Waals surface area (Å²) in [7, 11) is 0.